The van der Waals surface area contributed by atoms with E-state index >= 15 is 0 Å². The summed E-state index contributed by atoms with van der Waals surface area (Å²) in [6.07, 6.45) is 2.23. The first-order valence-electron chi connectivity index (χ1n) is 27.1. The van der Waals surface area contributed by atoms with Gasteiger partial charge in [-0.15, -0.1) is 0 Å². The molecular formula is C58H45N15O18. The van der Waals surface area contributed by atoms with E-state index in [-0.39, 0.29) is 122 Å². The fourth-order valence-electron chi connectivity index (χ4n) is 9.84. The molecule has 0 saturated carbocycles. The van der Waals surface area contributed by atoms with Gasteiger partial charge in [0.25, 0.3) is 39.8 Å². The molecule has 9 rings (SSSR count). The Kier molecular flexibility index (Phi) is 18.8. The van der Waals surface area contributed by atoms with E-state index in [9.17, 15) is 91.2 Å². The molecule has 0 unspecified atom stereocenters. The first-order valence-corrected chi connectivity index (χ1v) is 27.1. The number of hydrogen-bond donors (Lipinski definition) is 4. The normalized spacial score (nSPS) is 13.0. The minimum atomic E-state index is -0.882. The van der Waals surface area contributed by atoms with Crippen LogP contribution in [0.5, 0.6) is 23.0 Å². The number of rotatable bonds is 15. The Morgan fingerprint density at radius 2 is 0.462 bits per heavy atom. The van der Waals surface area contributed by atoms with Gasteiger partial charge in [-0.3, -0.25) is 70.8 Å². The second kappa shape index (κ2) is 27.2. The van der Waals surface area contributed by atoms with Crippen molar-refractivity contribution in [3.63, 3.8) is 0 Å². The first-order chi connectivity index (χ1) is 43.4. The van der Waals surface area contributed by atoms with Gasteiger partial charge < -0.3 is 20.4 Å². The fourth-order valence-corrected chi connectivity index (χ4v) is 9.84. The first kappa shape index (κ1) is 62.7. The van der Waals surface area contributed by atoms with Crippen molar-refractivity contribution in [1.82, 2.24) is 0 Å². The van der Waals surface area contributed by atoms with Crippen molar-refractivity contribution in [2.45, 2.75) is 64.2 Å². The van der Waals surface area contributed by atoms with Gasteiger partial charge in [-0.1, -0.05) is 25.3 Å². The van der Waals surface area contributed by atoms with E-state index in [4.69, 9.17) is 0 Å². The number of aromatic hydroxyl groups is 4. The van der Waals surface area contributed by atoms with Gasteiger partial charge in [-0.2, -0.15) is 40.9 Å². The second-order valence-electron chi connectivity index (χ2n) is 20.5. The van der Waals surface area contributed by atoms with Crippen LogP contribution in [0.4, 0.5) is 85.3 Å². The molecule has 0 spiro atoms. The van der Waals surface area contributed by atoms with Crippen molar-refractivity contribution >= 4 is 85.3 Å². The van der Waals surface area contributed by atoms with Gasteiger partial charge in [0.05, 0.1) is 98.2 Å². The van der Waals surface area contributed by atoms with Gasteiger partial charge >= 0.3 is 0 Å². The lowest BCUT2D eigenvalue weighted by Gasteiger charge is -2.17. The lowest BCUT2D eigenvalue weighted by Crippen LogP contribution is -2.00. The lowest BCUT2D eigenvalue weighted by molar-refractivity contribution is -0.394. The van der Waals surface area contributed by atoms with Crippen LogP contribution < -0.4 is 0 Å². The van der Waals surface area contributed by atoms with Crippen LogP contribution in [0.1, 0.15) is 76.6 Å². The van der Waals surface area contributed by atoms with Gasteiger partial charge in [0.1, 0.15) is 23.0 Å². The molecule has 0 saturated heterocycles. The molecule has 460 valence electrons. The summed E-state index contributed by atoms with van der Waals surface area (Å²) in [4.78, 5) is 76.5. The number of nitro groups is 7. The summed E-state index contributed by atoms with van der Waals surface area (Å²) < 4.78 is 0. The van der Waals surface area contributed by atoms with Crippen molar-refractivity contribution in [2.75, 3.05) is 0 Å². The maximum absolute atomic E-state index is 12.4. The summed E-state index contributed by atoms with van der Waals surface area (Å²) >= 11 is 0. The number of hydrogen-bond acceptors (Lipinski definition) is 26. The van der Waals surface area contributed by atoms with Crippen molar-refractivity contribution < 1.29 is 54.9 Å². The van der Waals surface area contributed by atoms with E-state index in [0.717, 1.165) is 42.5 Å². The van der Waals surface area contributed by atoms with Crippen molar-refractivity contribution in [3.8, 4) is 23.0 Å². The molecule has 33 nitrogen and oxygen atoms in total. The summed E-state index contributed by atoms with van der Waals surface area (Å²) in [6, 6.07) is 24.2. The number of azo groups is 4. The SMILES string of the molecule is O=[N+]([O-])c1cccc(N=Nc2cc3c(O)c(c2)Cc2cc(N=Nc4cc([N+](=O)[O-])cc([N+](=O)[O-])c4)cc(c2O)Cc2cc(N=Nc4cc([N+](=O)[O-])cc([N+](=O)[O-])c4)cc(c2O)Cc2cc(N=Nc4cc([N+](=O)[O-])cc([N+](=O)[O-])c4)cc(c2O)CCCCCCC3)c1. The molecule has 0 atom stereocenters. The number of nitro benzene ring substituents is 7. The highest BCUT2D eigenvalue weighted by Gasteiger charge is 2.24. The number of non-ortho nitro benzene ring substituents is 7. The maximum atomic E-state index is 12.4. The molecule has 0 radical (unpaired) electrons. The van der Waals surface area contributed by atoms with E-state index in [1.807, 2.05) is 0 Å². The number of fused-ring (bicyclic) bond motifs is 8. The van der Waals surface area contributed by atoms with Crippen molar-refractivity contribution in [1.29, 1.82) is 0 Å². The largest absolute Gasteiger partial charge is 0.507 e. The summed E-state index contributed by atoms with van der Waals surface area (Å²) in [5.41, 5.74) is -4.25. The molecule has 91 heavy (non-hydrogen) atoms. The molecule has 0 fully saturated rings. The average molecular weight is 1240 g/mol. The number of phenols is 4. The average Bonchev–Trinajstić information content (AvgIpc) is 0.877. The Balaban J connectivity index is 1.23. The highest BCUT2D eigenvalue weighted by atomic mass is 16.7. The molecule has 0 aromatic heterocycles. The van der Waals surface area contributed by atoms with Gasteiger partial charge in [0.2, 0.25) is 0 Å². The number of nitrogens with zero attached hydrogens (tertiary/aromatic N) is 15. The zero-order valence-electron chi connectivity index (χ0n) is 46.9. The summed E-state index contributed by atoms with van der Waals surface area (Å²) in [7, 11) is 0. The minimum Gasteiger partial charge on any atom is -0.507 e. The quantitative estimate of drug-likeness (QED) is 0.0421. The van der Waals surface area contributed by atoms with Crippen LogP contribution in [-0.2, 0) is 32.1 Å². The standard InChI is InChI=1S/C58H45N15O18/c74-55-32-7-4-2-1-3-5-8-33-15-42(61-64-45-23-49(68(80)81)29-50(24-45)69(82)83)17-35(56(33)75)12-37-19-44(63-66-47-27-53(72(88)89)31-54(28-47)73(90)91)21-39(58(37)77)13-38-20-43(62-65-46-25-51(70(84)85)30-52(26-46)71(86)87)18-36(57(38)76)11-34(55)16-41(14-32)60-59-40-9-6-10-48(22-40)67(78)79/h6,9-10,14-31,74-77H,1-5,7-8,11-13H2. The number of aryl methyl sites for hydroxylation is 2. The summed E-state index contributed by atoms with van der Waals surface area (Å²) in [6.45, 7) is 0. The monoisotopic (exact) mass is 1240 g/mol. The highest BCUT2D eigenvalue weighted by molar-refractivity contribution is 5.64. The van der Waals surface area contributed by atoms with E-state index < -0.39 is 86.5 Å². The van der Waals surface area contributed by atoms with Gasteiger partial charge in [0.15, 0.2) is 0 Å². The number of benzene rings is 8. The Morgan fingerprint density at radius 3 is 0.725 bits per heavy atom. The zero-order chi connectivity index (χ0) is 65.2. The maximum Gasteiger partial charge on any atom is 0.278 e. The zero-order valence-corrected chi connectivity index (χ0v) is 46.9. The summed E-state index contributed by atoms with van der Waals surface area (Å²) in [5.74, 6) is -1.45. The van der Waals surface area contributed by atoms with Gasteiger partial charge in [0, 0.05) is 101 Å². The highest BCUT2D eigenvalue weighted by Crippen LogP contribution is 2.43. The fraction of sp³-hybridized carbons (Fsp3) is 0.172. The van der Waals surface area contributed by atoms with E-state index in [2.05, 4.69) is 40.9 Å². The molecule has 8 aromatic rings. The molecule has 33 heteroatoms. The summed E-state index contributed by atoms with van der Waals surface area (Å²) in [5, 5.41) is 165. The molecule has 1 aliphatic carbocycles. The van der Waals surface area contributed by atoms with Crippen LogP contribution in [0.2, 0.25) is 0 Å². The number of phenolic OH excluding ortho intramolecular Hbond substituents is 4. The van der Waals surface area contributed by atoms with Crippen LogP contribution in [0.15, 0.2) is 168 Å². The van der Waals surface area contributed by atoms with Gasteiger partial charge in [-0.05, 0) is 91.4 Å². The molecule has 0 amide bonds. The van der Waals surface area contributed by atoms with E-state index in [0.29, 0.717) is 55.4 Å². The topological polar surface area (TPSA) is 482 Å². The smallest absolute Gasteiger partial charge is 0.278 e. The molecule has 0 heterocycles. The van der Waals surface area contributed by atoms with Crippen LogP contribution in [0.3, 0.4) is 0 Å². The van der Waals surface area contributed by atoms with Crippen LogP contribution in [-0.4, -0.2) is 54.9 Å². The van der Waals surface area contributed by atoms with E-state index in [1.54, 1.807) is 6.07 Å². The van der Waals surface area contributed by atoms with Crippen molar-refractivity contribution in [2.24, 2.45) is 40.9 Å². The third-order valence-corrected chi connectivity index (χ3v) is 14.1. The molecule has 4 N–H and O–H groups in total. The Hall–Kier alpha value is -12.8. The molecular weight excluding hydrogens is 1190 g/mol. The molecule has 1 aliphatic rings. The third kappa shape index (κ3) is 15.6. The van der Waals surface area contributed by atoms with Crippen molar-refractivity contribution in [3.05, 3.63) is 243 Å². The van der Waals surface area contributed by atoms with Crippen LogP contribution in [0.25, 0.3) is 0 Å². The van der Waals surface area contributed by atoms with Crippen LogP contribution >= 0.6 is 0 Å². The predicted molar refractivity (Wildman–Crippen MR) is 320 cm³/mol. The Morgan fingerprint density at radius 1 is 0.253 bits per heavy atom. The second-order valence-corrected chi connectivity index (χ2v) is 20.5. The lowest BCUT2D eigenvalue weighted by atomic mass is 9.92. The Bertz CT molecular complexity index is 4360. The molecule has 8 aromatic carbocycles. The third-order valence-electron chi connectivity index (χ3n) is 14.1. The predicted octanol–water partition coefficient (Wildman–Crippen LogP) is 16.3. The Labute approximate surface area is 509 Å². The van der Waals surface area contributed by atoms with Crippen LogP contribution in [0, 0.1) is 70.8 Å². The van der Waals surface area contributed by atoms with Gasteiger partial charge in [-0.25, -0.2) is 0 Å². The minimum absolute atomic E-state index is 0.0142. The van der Waals surface area contributed by atoms with E-state index in [1.165, 1.54) is 66.7 Å². The molecule has 0 aliphatic heterocycles. The molecule has 8 bridgehead atoms.